The molecular formula is C16H21BO2. The molecule has 0 saturated carbocycles. The fourth-order valence-electron chi connectivity index (χ4n) is 1.95. The Bertz CT molecular complexity index is 558. The summed E-state index contributed by atoms with van der Waals surface area (Å²) in [4.78, 5) is 0. The van der Waals surface area contributed by atoms with Gasteiger partial charge in [0.25, 0.3) is 0 Å². The zero-order valence-electron chi connectivity index (χ0n) is 12.1. The highest BCUT2D eigenvalue weighted by Gasteiger charge is 2.30. The van der Waals surface area contributed by atoms with Gasteiger partial charge >= 0.3 is 7.12 Å². The summed E-state index contributed by atoms with van der Waals surface area (Å²) in [5, 5.41) is 12.5. The van der Waals surface area contributed by atoms with Crippen molar-refractivity contribution in [3.05, 3.63) is 42.5 Å². The van der Waals surface area contributed by atoms with Crippen LogP contribution in [0.2, 0.25) is 0 Å². The van der Waals surface area contributed by atoms with E-state index in [-0.39, 0.29) is 5.60 Å². The van der Waals surface area contributed by atoms with Gasteiger partial charge in [-0.2, -0.15) is 0 Å². The highest BCUT2D eigenvalue weighted by molar-refractivity contribution is 6.63. The molecule has 0 fully saturated rings. The lowest BCUT2D eigenvalue weighted by atomic mass is 9.75. The summed E-state index contributed by atoms with van der Waals surface area (Å²) < 4.78 is 5.85. The van der Waals surface area contributed by atoms with Gasteiger partial charge in [0.1, 0.15) is 0 Å². The molecular weight excluding hydrogens is 235 g/mol. The third-order valence-corrected chi connectivity index (χ3v) is 3.90. The molecule has 0 spiro atoms. The van der Waals surface area contributed by atoms with Gasteiger partial charge in [0.05, 0.1) is 5.60 Å². The predicted molar refractivity (Wildman–Crippen MR) is 81.6 cm³/mol. The van der Waals surface area contributed by atoms with Gasteiger partial charge in [-0.15, -0.1) is 0 Å². The lowest BCUT2D eigenvalue weighted by Crippen LogP contribution is -2.44. The fourth-order valence-corrected chi connectivity index (χ4v) is 1.95. The molecule has 3 heteroatoms. The zero-order valence-corrected chi connectivity index (χ0v) is 12.1. The van der Waals surface area contributed by atoms with Gasteiger partial charge in [0.15, 0.2) is 0 Å². The van der Waals surface area contributed by atoms with Crippen LogP contribution in [0, 0.1) is 5.92 Å². The van der Waals surface area contributed by atoms with Crippen LogP contribution in [0.15, 0.2) is 42.5 Å². The van der Waals surface area contributed by atoms with Crippen molar-refractivity contribution in [1.29, 1.82) is 0 Å². The molecule has 0 aliphatic heterocycles. The van der Waals surface area contributed by atoms with Crippen molar-refractivity contribution in [3.63, 3.8) is 0 Å². The van der Waals surface area contributed by atoms with Crippen LogP contribution in [-0.4, -0.2) is 17.7 Å². The fraction of sp³-hybridized carbons (Fsp3) is 0.375. The van der Waals surface area contributed by atoms with Crippen LogP contribution in [0.1, 0.15) is 27.7 Å². The molecule has 0 aliphatic rings. The summed E-state index contributed by atoms with van der Waals surface area (Å²) in [5.41, 5.74) is 0.461. The normalized spacial score (nSPS) is 12.1. The summed E-state index contributed by atoms with van der Waals surface area (Å²) in [6.07, 6.45) is 0. The number of hydrogen-bond donors (Lipinski definition) is 1. The maximum Gasteiger partial charge on any atom is 0.492 e. The molecule has 0 aromatic heterocycles. The molecule has 0 aliphatic carbocycles. The van der Waals surface area contributed by atoms with Crippen molar-refractivity contribution in [3.8, 4) is 0 Å². The molecule has 0 unspecified atom stereocenters. The Labute approximate surface area is 115 Å². The summed E-state index contributed by atoms with van der Waals surface area (Å²) in [6.45, 7) is 8.20. The molecule has 0 saturated heterocycles. The van der Waals surface area contributed by atoms with E-state index in [1.54, 1.807) is 0 Å². The van der Waals surface area contributed by atoms with E-state index in [4.69, 9.17) is 4.65 Å². The molecule has 2 rings (SSSR count). The van der Waals surface area contributed by atoms with Crippen LogP contribution in [0.25, 0.3) is 10.8 Å². The van der Waals surface area contributed by atoms with Gasteiger partial charge < -0.3 is 9.68 Å². The number of fused-ring (bicyclic) bond motifs is 1. The zero-order chi connectivity index (χ0) is 14.0. The van der Waals surface area contributed by atoms with Crippen LogP contribution in [0.4, 0.5) is 0 Å². The van der Waals surface area contributed by atoms with E-state index in [1.165, 1.54) is 0 Å². The first-order chi connectivity index (χ1) is 8.92. The van der Waals surface area contributed by atoms with E-state index in [0.29, 0.717) is 5.92 Å². The smallest absolute Gasteiger partial charge is 0.423 e. The molecule has 0 atom stereocenters. The standard InChI is InChI=1S/C16H21BO2/c1-12(2)16(3,4)19-17(18)15-11-7-9-13-8-5-6-10-14(13)15/h5-12,18H,1-4H3. The molecule has 0 heterocycles. The Kier molecular flexibility index (Phi) is 3.97. The van der Waals surface area contributed by atoms with E-state index < -0.39 is 7.12 Å². The van der Waals surface area contributed by atoms with Crippen LogP contribution in [0.3, 0.4) is 0 Å². The first-order valence-electron chi connectivity index (χ1n) is 6.75. The molecule has 0 bridgehead atoms. The van der Waals surface area contributed by atoms with Crippen LogP contribution < -0.4 is 5.46 Å². The summed E-state index contributed by atoms with van der Waals surface area (Å²) in [7, 11) is -0.900. The Hall–Kier alpha value is -1.32. The molecule has 100 valence electrons. The topological polar surface area (TPSA) is 29.5 Å². The molecule has 0 radical (unpaired) electrons. The van der Waals surface area contributed by atoms with Crippen LogP contribution >= 0.6 is 0 Å². The van der Waals surface area contributed by atoms with Gasteiger partial charge in [-0.3, -0.25) is 0 Å². The number of hydrogen-bond acceptors (Lipinski definition) is 2. The van der Waals surface area contributed by atoms with Crippen molar-refractivity contribution < 1.29 is 9.68 Å². The second-order valence-corrected chi connectivity index (χ2v) is 5.80. The second kappa shape index (κ2) is 5.36. The highest BCUT2D eigenvalue weighted by Crippen LogP contribution is 2.21. The van der Waals surface area contributed by atoms with Crippen LogP contribution in [-0.2, 0) is 4.65 Å². The second-order valence-electron chi connectivity index (χ2n) is 5.80. The van der Waals surface area contributed by atoms with Crippen LogP contribution in [0.5, 0.6) is 0 Å². The van der Waals surface area contributed by atoms with Gasteiger partial charge in [-0.05, 0) is 36.0 Å². The van der Waals surface area contributed by atoms with E-state index in [0.717, 1.165) is 16.2 Å². The van der Waals surface area contributed by atoms with Gasteiger partial charge in [0.2, 0.25) is 0 Å². The van der Waals surface area contributed by atoms with Crippen molar-refractivity contribution in [2.45, 2.75) is 33.3 Å². The molecule has 0 amide bonds. The first-order valence-corrected chi connectivity index (χ1v) is 6.75. The SMILES string of the molecule is CC(C)C(C)(C)OB(O)c1cccc2ccccc12. The van der Waals surface area contributed by atoms with Crippen molar-refractivity contribution in [2.75, 3.05) is 0 Å². The molecule has 2 aromatic carbocycles. The Morgan fingerprint density at radius 1 is 1.05 bits per heavy atom. The Morgan fingerprint density at radius 2 is 1.68 bits per heavy atom. The van der Waals surface area contributed by atoms with E-state index in [9.17, 15) is 5.02 Å². The third kappa shape index (κ3) is 2.99. The summed E-state index contributed by atoms with van der Waals surface area (Å²) >= 11 is 0. The molecule has 2 nitrogen and oxygen atoms in total. The van der Waals surface area contributed by atoms with E-state index in [2.05, 4.69) is 13.8 Å². The molecule has 19 heavy (non-hydrogen) atoms. The minimum atomic E-state index is -0.900. The lowest BCUT2D eigenvalue weighted by Gasteiger charge is -2.31. The highest BCUT2D eigenvalue weighted by atomic mass is 16.5. The maximum absolute atomic E-state index is 10.4. The monoisotopic (exact) mass is 256 g/mol. The average molecular weight is 256 g/mol. The molecule has 1 N–H and O–H groups in total. The minimum Gasteiger partial charge on any atom is -0.423 e. The lowest BCUT2D eigenvalue weighted by molar-refractivity contribution is 0.0424. The minimum absolute atomic E-state index is 0.331. The Balaban J connectivity index is 2.34. The number of benzene rings is 2. The first kappa shape index (κ1) is 14.1. The van der Waals surface area contributed by atoms with E-state index in [1.807, 2.05) is 56.3 Å². The largest absolute Gasteiger partial charge is 0.492 e. The number of rotatable bonds is 4. The van der Waals surface area contributed by atoms with Crippen molar-refractivity contribution in [1.82, 2.24) is 0 Å². The van der Waals surface area contributed by atoms with Crippen molar-refractivity contribution in [2.24, 2.45) is 5.92 Å². The van der Waals surface area contributed by atoms with Gasteiger partial charge in [-0.1, -0.05) is 56.3 Å². The molecule has 2 aromatic rings. The van der Waals surface area contributed by atoms with E-state index >= 15 is 0 Å². The predicted octanol–water partition coefficient (Wildman–Crippen LogP) is 2.98. The van der Waals surface area contributed by atoms with Crippen molar-refractivity contribution >= 4 is 23.4 Å². The average Bonchev–Trinajstić information content (AvgIpc) is 2.37. The van der Waals surface area contributed by atoms with Gasteiger partial charge in [-0.25, -0.2) is 0 Å². The summed E-state index contributed by atoms with van der Waals surface area (Å²) in [5.74, 6) is 0.331. The third-order valence-electron chi connectivity index (χ3n) is 3.90. The Morgan fingerprint density at radius 3 is 2.37 bits per heavy atom. The summed E-state index contributed by atoms with van der Waals surface area (Å²) in [6, 6.07) is 13.9. The maximum atomic E-state index is 10.4. The van der Waals surface area contributed by atoms with Gasteiger partial charge in [0, 0.05) is 0 Å². The quantitative estimate of drug-likeness (QED) is 0.852.